The fraction of sp³-hybridized carbons (Fsp3) is 0.312. The van der Waals surface area contributed by atoms with Crippen molar-refractivity contribution in [2.75, 3.05) is 4.90 Å². The predicted octanol–water partition coefficient (Wildman–Crippen LogP) is 0.336. The zero-order chi connectivity index (χ0) is 16.9. The van der Waals surface area contributed by atoms with E-state index in [1.807, 2.05) is 0 Å². The molecule has 3 N–H and O–H groups in total. The van der Waals surface area contributed by atoms with E-state index in [9.17, 15) is 19.8 Å². The Morgan fingerprint density at radius 2 is 2.21 bits per heavy atom. The molecular weight excluding hydrogens is 314 g/mol. The third-order valence-corrected chi connectivity index (χ3v) is 4.60. The number of aliphatic hydroxyl groups excluding tert-OH is 1. The second-order valence-electron chi connectivity index (χ2n) is 5.93. The number of carbonyl (C=O) groups is 2. The number of rotatable bonds is 2. The van der Waals surface area contributed by atoms with Gasteiger partial charge in [0.25, 0.3) is 5.91 Å². The summed E-state index contributed by atoms with van der Waals surface area (Å²) in [4.78, 5) is 29.5. The van der Waals surface area contributed by atoms with Gasteiger partial charge in [-0.15, -0.1) is 0 Å². The Kier molecular flexibility index (Phi) is 3.19. The van der Waals surface area contributed by atoms with Gasteiger partial charge in [-0.2, -0.15) is 0 Å². The molecule has 2 aromatic rings. The lowest BCUT2D eigenvalue weighted by Gasteiger charge is -2.47. The lowest BCUT2D eigenvalue weighted by molar-refractivity contribution is -0.120. The molecule has 0 radical (unpaired) electrons. The average Bonchev–Trinajstić information content (AvgIpc) is 3.21. The number of para-hydroxylation sites is 1. The zero-order valence-corrected chi connectivity index (χ0v) is 12.5. The molecule has 3 heterocycles. The van der Waals surface area contributed by atoms with Crippen molar-refractivity contribution in [1.82, 2.24) is 10.3 Å². The van der Waals surface area contributed by atoms with Crippen LogP contribution in [-0.4, -0.2) is 38.8 Å². The van der Waals surface area contributed by atoms with Crippen LogP contribution >= 0.6 is 0 Å². The van der Waals surface area contributed by atoms with Gasteiger partial charge in [0, 0.05) is 18.4 Å². The highest BCUT2D eigenvalue weighted by atomic mass is 16.4. The number of aliphatic hydroxyl groups is 2. The summed E-state index contributed by atoms with van der Waals surface area (Å²) in [6.45, 7) is 0. The molecule has 2 aliphatic heterocycles. The van der Waals surface area contributed by atoms with Crippen LogP contribution in [0.3, 0.4) is 0 Å². The molecule has 2 aliphatic rings. The van der Waals surface area contributed by atoms with Gasteiger partial charge in [-0.1, -0.05) is 18.2 Å². The Morgan fingerprint density at radius 3 is 2.96 bits per heavy atom. The molecule has 3 atom stereocenters. The van der Waals surface area contributed by atoms with Crippen LogP contribution in [-0.2, 0) is 4.79 Å². The molecule has 8 heteroatoms. The molecule has 1 saturated heterocycles. The zero-order valence-electron chi connectivity index (χ0n) is 12.5. The minimum absolute atomic E-state index is 0.0412. The Morgan fingerprint density at radius 1 is 1.42 bits per heavy atom. The predicted molar refractivity (Wildman–Crippen MR) is 80.8 cm³/mol. The summed E-state index contributed by atoms with van der Waals surface area (Å²) in [6.07, 6.45) is 1.42. The number of aromatic nitrogens is 1. The van der Waals surface area contributed by atoms with Crippen LogP contribution in [0.15, 0.2) is 41.3 Å². The smallest absolute Gasteiger partial charge is 0.289 e. The number of nitrogens with zero attached hydrogens (tertiary/aromatic N) is 2. The summed E-state index contributed by atoms with van der Waals surface area (Å²) in [6, 6.07) is 5.70. The third-order valence-electron chi connectivity index (χ3n) is 4.60. The maximum Gasteiger partial charge on any atom is 0.289 e. The first-order valence-corrected chi connectivity index (χ1v) is 7.54. The first-order chi connectivity index (χ1) is 11.5. The number of anilines is 1. The molecular formula is C16H15N3O5. The fourth-order valence-electron chi connectivity index (χ4n) is 3.48. The van der Waals surface area contributed by atoms with Crippen LogP contribution in [0.4, 0.5) is 5.69 Å². The molecule has 1 aromatic carbocycles. The van der Waals surface area contributed by atoms with E-state index in [2.05, 4.69) is 10.3 Å². The largest absolute Gasteiger partial charge is 0.438 e. The topological polar surface area (TPSA) is 116 Å². The second kappa shape index (κ2) is 5.15. The van der Waals surface area contributed by atoms with Gasteiger partial charge in [0.1, 0.15) is 12.1 Å². The first kappa shape index (κ1) is 14.9. The Labute approximate surface area is 136 Å². The van der Waals surface area contributed by atoms with E-state index in [1.54, 1.807) is 24.3 Å². The average molecular weight is 329 g/mol. The van der Waals surface area contributed by atoms with Crippen LogP contribution in [0, 0.1) is 0 Å². The SMILES string of the molecule is O=C(NC1C(O)c2ccccc2N2C(=O)CCC12O)c1cnco1. The number of hydrogen-bond acceptors (Lipinski definition) is 6. The van der Waals surface area contributed by atoms with Crippen LogP contribution < -0.4 is 10.2 Å². The van der Waals surface area contributed by atoms with Crippen molar-refractivity contribution in [2.24, 2.45) is 0 Å². The van der Waals surface area contributed by atoms with Crippen molar-refractivity contribution < 1.29 is 24.2 Å². The fourth-order valence-corrected chi connectivity index (χ4v) is 3.48. The number of oxazole rings is 1. The molecule has 3 unspecified atom stereocenters. The van der Waals surface area contributed by atoms with E-state index < -0.39 is 23.8 Å². The number of hydrogen-bond donors (Lipinski definition) is 3. The highest BCUT2D eigenvalue weighted by molar-refractivity contribution is 5.99. The lowest BCUT2D eigenvalue weighted by Crippen LogP contribution is -2.65. The molecule has 1 aromatic heterocycles. The minimum Gasteiger partial charge on any atom is -0.438 e. The molecule has 0 aliphatic carbocycles. The molecule has 24 heavy (non-hydrogen) atoms. The normalized spacial score (nSPS) is 28.4. The Bertz CT molecular complexity index is 806. The minimum atomic E-state index is -1.69. The highest BCUT2D eigenvalue weighted by Crippen LogP contribution is 2.47. The van der Waals surface area contributed by atoms with E-state index in [0.717, 1.165) is 6.39 Å². The molecule has 0 saturated carbocycles. The summed E-state index contributed by atoms with van der Waals surface area (Å²) < 4.78 is 4.94. The first-order valence-electron chi connectivity index (χ1n) is 7.54. The van der Waals surface area contributed by atoms with E-state index in [-0.39, 0.29) is 24.5 Å². The highest BCUT2D eigenvalue weighted by Gasteiger charge is 2.57. The summed E-state index contributed by atoms with van der Waals surface area (Å²) in [7, 11) is 0. The summed E-state index contributed by atoms with van der Waals surface area (Å²) in [5, 5.41) is 24.4. The molecule has 2 amide bonds. The Balaban J connectivity index is 1.76. The lowest BCUT2D eigenvalue weighted by atomic mass is 9.85. The summed E-state index contributed by atoms with van der Waals surface area (Å²) in [5.74, 6) is -0.917. The van der Waals surface area contributed by atoms with Gasteiger partial charge in [-0.05, 0) is 6.07 Å². The third kappa shape index (κ3) is 1.97. The van der Waals surface area contributed by atoms with Gasteiger partial charge >= 0.3 is 0 Å². The van der Waals surface area contributed by atoms with Gasteiger partial charge < -0.3 is 19.9 Å². The van der Waals surface area contributed by atoms with Gasteiger partial charge in [0.05, 0.1) is 11.9 Å². The van der Waals surface area contributed by atoms with E-state index in [0.29, 0.717) is 11.3 Å². The van der Waals surface area contributed by atoms with Crippen LogP contribution in [0.1, 0.15) is 35.1 Å². The standard InChI is InChI=1S/C16H15N3O5/c20-12-5-6-16(23)14(18-15(22)11-7-17-8-24-11)13(21)9-3-1-2-4-10(9)19(12)16/h1-4,7-8,13-14,21,23H,5-6H2,(H,18,22). The molecule has 124 valence electrons. The van der Waals surface area contributed by atoms with Crippen molar-refractivity contribution in [1.29, 1.82) is 0 Å². The maximum absolute atomic E-state index is 12.3. The van der Waals surface area contributed by atoms with Gasteiger partial charge in [0.2, 0.25) is 11.7 Å². The second-order valence-corrected chi connectivity index (χ2v) is 5.93. The van der Waals surface area contributed by atoms with Crippen molar-refractivity contribution in [3.05, 3.63) is 48.2 Å². The molecule has 4 rings (SSSR count). The summed E-state index contributed by atoms with van der Waals surface area (Å²) >= 11 is 0. The summed E-state index contributed by atoms with van der Waals surface area (Å²) in [5.41, 5.74) is -0.763. The number of nitrogens with one attached hydrogen (secondary N) is 1. The van der Waals surface area contributed by atoms with Crippen LogP contribution in [0.5, 0.6) is 0 Å². The van der Waals surface area contributed by atoms with Crippen molar-refractivity contribution in [3.8, 4) is 0 Å². The molecule has 1 fully saturated rings. The van der Waals surface area contributed by atoms with Crippen LogP contribution in [0.25, 0.3) is 0 Å². The van der Waals surface area contributed by atoms with Gasteiger partial charge in [-0.3, -0.25) is 14.5 Å². The van der Waals surface area contributed by atoms with Crippen molar-refractivity contribution in [3.63, 3.8) is 0 Å². The van der Waals surface area contributed by atoms with Gasteiger partial charge in [-0.25, -0.2) is 4.98 Å². The Hall–Kier alpha value is -2.71. The monoisotopic (exact) mass is 329 g/mol. The van der Waals surface area contributed by atoms with Gasteiger partial charge in [0.15, 0.2) is 12.1 Å². The number of benzene rings is 1. The quantitative estimate of drug-likeness (QED) is 0.731. The molecule has 0 bridgehead atoms. The number of amides is 2. The van der Waals surface area contributed by atoms with Crippen LogP contribution in [0.2, 0.25) is 0 Å². The van der Waals surface area contributed by atoms with E-state index in [1.165, 1.54) is 11.1 Å². The number of carbonyl (C=O) groups excluding carboxylic acids is 2. The van der Waals surface area contributed by atoms with Crippen molar-refractivity contribution >= 4 is 17.5 Å². The maximum atomic E-state index is 12.3. The van der Waals surface area contributed by atoms with E-state index >= 15 is 0 Å². The number of fused-ring (bicyclic) bond motifs is 3. The van der Waals surface area contributed by atoms with E-state index in [4.69, 9.17) is 4.42 Å². The molecule has 0 spiro atoms. The molecule has 8 nitrogen and oxygen atoms in total. The van der Waals surface area contributed by atoms with Crippen molar-refractivity contribution in [2.45, 2.75) is 30.7 Å².